The fourth-order valence-corrected chi connectivity index (χ4v) is 2.68. The number of thiazole rings is 1. The molecule has 25 heavy (non-hydrogen) atoms. The van der Waals surface area contributed by atoms with Gasteiger partial charge in [-0.1, -0.05) is 5.16 Å². The van der Waals surface area contributed by atoms with Crippen LogP contribution >= 0.6 is 11.3 Å². The minimum Gasteiger partial charge on any atom is -0.343 e. The highest BCUT2D eigenvalue weighted by molar-refractivity contribution is 7.12. The van der Waals surface area contributed by atoms with Crippen molar-refractivity contribution < 1.29 is 22.5 Å². The average Bonchev–Trinajstić information content (AvgIpc) is 3.23. The molecule has 3 heterocycles. The molecule has 0 aliphatic heterocycles. The van der Waals surface area contributed by atoms with Gasteiger partial charge in [0.1, 0.15) is 5.69 Å². The second-order valence-corrected chi connectivity index (χ2v) is 5.95. The monoisotopic (exact) mass is 369 g/mol. The quantitative estimate of drug-likeness (QED) is 0.706. The molecule has 0 bridgehead atoms. The van der Waals surface area contributed by atoms with E-state index in [2.05, 4.69) is 24.6 Å². The lowest BCUT2D eigenvalue weighted by Crippen LogP contribution is -2.21. The Labute approximate surface area is 143 Å². The van der Waals surface area contributed by atoms with Gasteiger partial charge in [0.25, 0.3) is 5.91 Å². The summed E-state index contributed by atoms with van der Waals surface area (Å²) in [5, 5.41) is 5.25. The molecule has 130 valence electrons. The van der Waals surface area contributed by atoms with Crippen molar-refractivity contribution in [2.45, 2.75) is 6.18 Å². The summed E-state index contributed by atoms with van der Waals surface area (Å²) in [5.74, 6) is -1.88. The smallest absolute Gasteiger partial charge is 0.343 e. The number of pyridine rings is 1. The maximum Gasteiger partial charge on any atom is 0.471 e. The Bertz CT molecular complexity index is 919. The molecule has 0 spiro atoms. The molecule has 3 rings (SSSR count). The fraction of sp³-hybridized carbons (Fsp3) is 0.214. The molecule has 11 heteroatoms. The zero-order chi connectivity index (χ0) is 18.2. The predicted octanol–water partition coefficient (Wildman–Crippen LogP) is 2.98. The standard InChI is InChI=1S/C14H10F3N5O2S/c1-22(2)12(23)11-19-9(6-25-11)8-5-7(3-4-18-8)10-20-13(24-21-10)14(15,16)17/h3-6H,1-2H3. The second kappa shape index (κ2) is 6.24. The highest BCUT2D eigenvalue weighted by Gasteiger charge is 2.38. The third-order valence-electron chi connectivity index (χ3n) is 3.04. The van der Waals surface area contributed by atoms with Crippen LogP contribution in [0.1, 0.15) is 15.7 Å². The van der Waals surface area contributed by atoms with Gasteiger partial charge in [0, 0.05) is 31.2 Å². The summed E-state index contributed by atoms with van der Waals surface area (Å²) in [5.41, 5.74) is 1.10. The van der Waals surface area contributed by atoms with Crippen molar-refractivity contribution in [1.82, 2.24) is 25.0 Å². The van der Waals surface area contributed by atoms with E-state index in [0.717, 1.165) is 11.3 Å². The van der Waals surface area contributed by atoms with Crippen LogP contribution < -0.4 is 0 Å². The maximum atomic E-state index is 12.6. The van der Waals surface area contributed by atoms with E-state index >= 15 is 0 Å². The summed E-state index contributed by atoms with van der Waals surface area (Å²) in [6, 6.07) is 2.93. The summed E-state index contributed by atoms with van der Waals surface area (Å²) in [6.45, 7) is 0. The molecule has 1 amide bonds. The topological polar surface area (TPSA) is 85.0 Å². The van der Waals surface area contributed by atoms with Gasteiger partial charge in [-0.05, 0) is 12.1 Å². The van der Waals surface area contributed by atoms with Crippen LogP contribution in [0.5, 0.6) is 0 Å². The normalized spacial score (nSPS) is 11.6. The highest BCUT2D eigenvalue weighted by Crippen LogP contribution is 2.30. The van der Waals surface area contributed by atoms with Crippen LogP contribution in [0.4, 0.5) is 13.2 Å². The summed E-state index contributed by atoms with van der Waals surface area (Å²) in [7, 11) is 3.22. The minimum absolute atomic E-state index is 0.212. The van der Waals surface area contributed by atoms with Gasteiger partial charge in [-0.25, -0.2) is 4.98 Å². The maximum absolute atomic E-state index is 12.6. The van der Waals surface area contributed by atoms with Crippen molar-refractivity contribution in [1.29, 1.82) is 0 Å². The molecule has 0 fully saturated rings. The first-order valence-electron chi connectivity index (χ1n) is 6.80. The number of nitrogens with zero attached hydrogens (tertiary/aromatic N) is 5. The lowest BCUT2D eigenvalue weighted by Gasteiger charge is -2.06. The van der Waals surface area contributed by atoms with Crippen molar-refractivity contribution in [3.8, 4) is 22.8 Å². The Hall–Kier alpha value is -2.82. The van der Waals surface area contributed by atoms with E-state index in [-0.39, 0.29) is 22.3 Å². The highest BCUT2D eigenvalue weighted by atomic mass is 32.1. The SMILES string of the molecule is CN(C)C(=O)c1nc(-c2cc(-c3noc(C(F)(F)F)n3)ccn2)cs1. The third-order valence-corrected chi connectivity index (χ3v) is 3.87. The van der Waals surface area contributed by atoms with Gasteiger partial charge in [-0.3, -0.25) is 9.78 Å². The van der Waals surface area contributed by atoms with E-state index in [9.17, 15) is 18.0 Å². The van der Waals surface area contributed by atoms with Crippen LogP contribution in [-0.4, -0.2) is 45.0 Å². The van der Waals surface area contributed by atoms with Crippen LogP contribution in [0.3, 0.4) is 0 Å². The van der Waals surface area contributed by atoms with Gasteiger partial charge < -0.3 is 9.42 Å². The van der Waals surface area contributed by atoms with Crippen molar-refractivity contribution >= 4 is 17.2 Å². The summed E-state index contributed by atoms with van der Waals surface area (Å²) in [4.78, 5) is 24.9. The number of carbonyl (C=O) groups is 1. The van der Waals surface area contributed by atoms with Crippen LogP contribution in [0.25, 0.3) is 22.8 Å². The van der Waals surface area contributed by atoms with Crippen LogP contribution in [-0.2, 0) is 6.18 Å². The molecule has 0 saturated carbocycles. The number of aromatic nitrogens is 4. The molecule has 0 saturated heterocycles. The molecular formula is C14H10F3N5O2S. The van der Waals surface area contributed by atoms with E-state index in [1.807, 2.05) is 0 Å². The summed E-state index contributed by atoms with van der Waals surface area (Å²) < 4.78 is 41.9. The number of hydrogen-bond donors (Lipinski definition) is 0. The first kappa shape index (κ1) is 17.0. The van der Waals surface area contributed by atoms with Gasteiger partial charge in [0.05, 0.1) is 5.69 Å². The molecular weight excluding hydrogens is 359 g/mol. The van der Waals surface area contributed by atoms with Gasteiger partial charge >= 0.3 is 12.1 Å². The van der Waals surface area contributed by atoms with Gasteiger partial charge in [-0.2, -0.15) is 18.2 Å². The summed E-state index contributed by atoms with van der Waals surface area (Å²) in [6.07, 6.45) is -3.32. The third kappa shape index (κ3) is 3.50. The second-order valence-electron chi connectivity index (χ2n) is 5.09. The molecule has 3 aromatic heterocycles. The van der Waals surface area contributed by atoms with Crippen molar-refractivity contribution in [3.05, 3.63) is 34.6 Å². The number of alkyl halides is 3. The molecule has 7 nitrogen and oxygen atoms in total. The molecule has 0 aliphatic carbocycles. The predicted molar refractivity (Wildman–Crippen MR) is 81.7 cm³/mol. The van der Waals surface area contributed by atoms with E-state index in [4.69, 9.17) is 0 Å². The largest absolute Gasteiger partial charge is 0.471 e. The van der Waals surface area contributed by atoms with Crippen molar-refractivity contribution in [3.63, 3.8) is 0 Å². The van der Waals surface area contributed by atoms with Crippen molar-refractivity contribution in [2.24, 2.45) is 0 Å². The first-order valence-corrected chi connectivity index (χ1v) is 7.68. The Morgan fingerprint density at radius 3 is 2.64 bits per heavy atom. The van der Waals surface area contributed by atoms with Gasteiger partial charge in [0.2, 0.25) is 5.82 Å². The molecule has 0 N–H and O–H groups in total. The Morgan fingerprint density at radius 1 is 1.24 bits per heavy atom. The van der Waals surface area contributed by atoms with Crippen molar-refractivity contribution in [2.75, 3.05) is 14.1 Å². The van der Waals surface area contributed by atoms with E-state index < -0.39 is 12.1 Å². The van der Waals surface area contributed by atoms with E-state index in [1.54, 1.807) is 19.5 Å². The minimum atomic E-state index is -4.71. The molecule has 0 aromatic carbocycles. The molecule has 0 unspecified atom stereocenters. The lowest BCUT2D eigenvalue weighted by molar-refractivity contribution is -0.159. The molecule has 0 aliphatic rings. The van der Waals surface area contributed by atoms with Crippen LogP contribution in [0.15, 0.2) is 28.2 Å². The van der Waals surface area contributed by atoms with Gasteiger partial charge in [-0.15, -0.1) is 11.3 Å². The number of rotatable bonds is 3. The Morgan fingerprint density at radius 2 is 2.00 bits per heavy atom. The summed E-state index contributed by atoms with van der Waals surface area (Å²) >= 11 is 1.15. The molecule has 3 aromatic rings. The van der Waals surface area contributed by atoms with E-state index in [1.165, 1.54) is 23.2 Å². The zero-order valence-electron chi connectivity index (χ0n) is 12.9. The number of amides is 1. The lowest BCUT2D eigenvalue weighted by atomic mass is 10.2. The van der Waals surface area contributed by atoms with Crippen LogP contribution in [0.2, 0.25) is 0 Å². The Balaban J connectivity index is 1.92. The molecule has 0 atom stereocenters. The fourth-order valence-electron chi connectivity index (χ4n) is 1.85. The Kier molecular flexibility index (Phi) is 4.25. The molecule has 0 radical (unpaired) electrons. The van der Waals surface area contributed by atoms with E-state index in [0.29, 0.717) is 11.4 Å². The van der Waals surface area contributed by atoms with Crippen LogP contribution in [0, 0.1) is 0 Å². The van der Waals surface area contributed by atoms with Gasteiger partial charge in [0.15, 0.2) is 5.01 Å². The zero-order valence-corrected chi connectivity index (χ0v) is 13.7. The first-order chi connectivity index (χ1) is 11.8. The number of hydrogen-bond acceptors (Lipinski definition) is 7. The number of halogens is 3. The number of carbonyl (C=O) groups excluding carboxylic acids is 1. The average molecular weight is 369 g/mol.